The van der Waals surface area contributed by atoms with Crippen LogP contribution in [0, 0.1) is 0 Å². The Bertz CT molecular complexity index is 1340. The predicted octanol–water partition coefficient (Wildman–Crippen LogP) is 1.89. The molecule has 0 aliphatic rings. The number of nitrogens with one attached hydrogen (secondary N) is 1. The maximum absolute atomic E-state index is 12.2. The summed E-state index contributed by atoms with van der Waals surface area (Å²) in [5, 5.41) is 10.8. The van der Waals surface area contributed by atoms with E-state index >= 15 is 0 Å². The Hall–Kier alpha value is -3.21. The van der Waals surface area contributed by atoms with Crippen molar-refractivity contribution in [1.82, 2.24) is 13.9 Å². The molecule has 2 N–H and O–H groups in total. The fraction of sp³-hybridized carbons (Fsp3) is 0.105. The first-order valence-electron chi connectivity index (χ1n) is 8.52. The summed E-state index contributed by atoms with van der Waals surface area (Å²) in [5.74, 6) is -0.610. The normalized spacial score (nSPS) is 12.0. The lowest BCUT2D eigenvalue weighted by Gasteiger charge is -2.11. The van der Waals surface area contributed by atoms with E-state index in [1.165, 1.54) is 50.5 Å². The number of aromatic nitrogens is 2. The molecule has 3 aromatic rings. The fourth-order valence-electron chi connectivity index (χ4n) is 2.56. The van der Waals surface area contributed by atoms with Crippen molar-refractivity contribution >= 4 is 33.5 Å². The zero-order chi connectivity index (χ0) is 22.1. The molecule has 0 atom stereocenters. The quantitative estimate of drug-likeness (QED) is 0.576. The van der Waals surface area contributed by atoms with Gasteiger partial charge in [-0.2, -0.15) is 0 Å². The number of rotatable bonds is 5. The van der Waals surface area contributed by atoms with E-state index in [-0.39, 0.29) is 16.1 Å². The average Bonchev–Trinajstić information content (AvgIpc) is 2.68. The first kappa shape index (κ1) is 21.5. The zero-order valence-electron chi connectivity index (χ0n) is 15.9. The van der Waals surface area contributed by atoms with Gasteiger partial charge < -0.3 is 5.11 Å². The van der Waals surface area contributed by atoms with Gasteiger partial charge in [-0.05, 0) is 42.5 Å². The summed E-state index contributed by atoms with van der Waals surface area (Å²) >= 11 is 5.93. The van der Waals surface area contributed by atoms with E-state index in [2.05, 4.69) is 9.98 Å². The Morgan fingerprint density at radius 3 is 2.40 bits per heavy atom. The van der Waals surface area contributed by atoms with Gasteiger partial charge in [0.1, 0.15) is 5.56 Å². The number of aliphatic imine (C=N–C) groups is 1. The van der Waals surface area contributed by atoms with Gasteiger partial charge in [-0.1, -0.05) is 17.7 Å². The molecule has 156 valence electrons. The molecule has 0 fully saturated rings. The highest BCUT2D eigenvalue weighted by Crippen LogP contribution is 2.21. The lowest BCUT2D eigenvalue weighted by Crippen LogP contribution is -2.31. The molecule has 0 saturated heterocycles. The van der Waals surface area contributed by atoms with Crippen LogP contribution < -0.4 is 11.2 Å². The van der Waals surface area contributed by atoms with Crippen molar-refractivity contribution < 1.29 is 13.5 Å². The SMILES string of the molecule is CN(C)S(=O)(=O)c1ccc(N=Cc2c(O)n(-c3cccc(Cl)c3)c(=O)[nH]c2=O)cc1. The molecule has 0 amide bonds. The van der Waals surface area contributed by atoms with Crippen LogP contribution in [0.2, 0.25) is 5.02 Å². The molecular weight excluding hydrogens is 432 g/mol. The maximum atomic E-state index is 12.2. The molecule has 1 aromatic heterocycles. The van der Waals surface area contributed by atoms with E-state index < -0.39 is 27.2 Å². The summed E-state index contributed by atoms with van der Waals surface area (Å²) in [5.41, 5.74) is -1.32. The molecule has 0 spiro atoms. The standard InChI is InChI=1S/C19H17ClN4O5S/c1-23(2)30(28,29)15-8-6-13(7-9-15)21-11-16-17(25)22-19(27)24(18(16)26)14-5-3-4-12(20)10-14/h3-11,26H,1-2H3,(H,22,25,27). The Morgan fingerprint density at radius 1 is 1.13 bits per heavy atom. The van der Waals surface area contributed by atoms with Crippen molar-refractivity contribution in [1.29, 1.82) is 0 Å². The van der Waals surface area contributed by atoms with Crippen LogP contribution >= 0.6 is 11.6 Å². The highest BCUT2D eigenvalue weighted by molar-refractivity contribution is 7.89. The van der Waals surface area contributed by atoms with Crippen molar-refractivity contribution in [3.05, 3.63) is 80.0 Å². The van der Waals surface area contributed by atoms with Crippen LogP contribution in [0.25, 0.3) is 5.69 Å². The topological polar surface area (TPSA) is 125 Å². The van der Waals surface area contributed by atoms with Gasteiger partial charge in [0.15, 0.2) is 0 Å². The Morgan fingerprint density at radius 2 is 1.80 bits per heavy atom. The summed E-state index contributed by atoms with van der Waals surface area (Å²) in [7, 11) is -0.737. The van der Waals surface area contributed by atoms with Crippen molar-refractivity contribution in [3.8, 4) is 11.6 Å². The molecule has 0 saturated carbocycles. The van der Waals surface area contributed by atoms with Crippen LogP contribution in [-0.2, 0) is 10.0 Å². The first-order valence-corrected chi connectivity index (χ1v) is 10.3. The van der Waals surface area contributed by atoms with Crippen LogP contribution in [0.4, 0.5) is 5.69 Å². The summed E-state index contributed by atoms with van der Waals surface area (Å²) < 4.78 is 26.2. The van der Waals surface area contributed by atoms with Crippen LogP contribution in [0.5, 0.6) is 5.88 Å². The Balaban J connectivity index is 2.01. The predicted molar refractivity (Wildman–Crippen MR) is 114 cm³/mol. The summed E-state index contributed by atoms with van der Waals surface area (Å²) in [6.07, 6.45) is 1.09. The van der Waals surface area contributed by atoms with E-state index in [1.807, 2.05) is 0 Å². The van der Waals surface area contributed by atoms with E-state index in [0.29, 0.717) is 10.7 Å². The van der Waals surface area contributed by atoms with E-state index in [9.17, 15) is 23.1 Å². The smallest absolute Gasteiger partial charge is 0.335 e. The second kappa shape index (κ2) is 8.27. The van der Waals surface area contributed by atoms with Gasteiger partial charge >= 0.3 is 5.69 Å². The highest BCUT2D eigenvalue weighted by Gasteiger charge is 2.17. The van der Waals surface area contributed by atoms with Gasteiger partial charge in [0.2, 0.25) is 15.9 Å². The number of aromatic amines is 1. The van der Waals surface area contributed by atoms with Gasteiger partial charge in [0, 0.05) is 25.3 Å². The number of halogens is 1. The molecule has 11 heteroatoms. The van der Waals surface area contributed by atoms with E-state index in [1.54, 1.807) is 12.1 Å². The van der Waals surface area contributed by atoms with Crippen molar-refractivity contribution in [3.63, 3.8) is 0 Å². The maximum Gasteiger partial charge on any atom is 0.335 e. The third-order valence-electron chi connectivity index (χ3n) is 4.15. The van der Waals surface area contributed by atoms with Crippen molar-refractivity contribution in [2.24, 2.45) is 4.99 Å². The lowest BCUT2D eigenvalue weighted by molar-refractivity contribution is 0.430. The van der Waals surface area contributed by atoms with Gasteiger partial charge in [0.25, 0.3) is 5.56 Å². The third-order valence-corrected chi connectivity index (χ3v) is 6.21. The Kier molecular flexibility index (Phi) is 5.92. The second-order valence-corrected chi connectivity index (χ2v) is 8.94. The molecule has 3 rings (SSSR count). The minimum atomic E-state index is -3.58. The van der Waals surface area contributed by atoms with Gasteiger partial charge in [-0.25, -0.2) is 22.1 Å². The largest absolute Gasteiger partial charge is 0.493 e. The molecule has 2 aromatic carbocycles. The van der Waals surface area contributed by atoms with Crippen LogP contribution in [0.1, 0.15) is 5.56 Å². The lowest BCUT2D eigenvalue weighted by atomic mass is 10.3. The molecule has 9 nitrogen and oxygen atoms in total. The zero-order valence-corrected chi connectivity index (χ0v) is 17.5. The minimum Gasteiger partial charge on any atom is -0.493 e. The van der Waals surface area contributed by atoms with Gasteiger partial charge in [-0.3, -0.25) is 14.8 Å². The number of hydrogen-bond acceptors (Lipinski definition) is 6. The minimum absolute atomic E-state index is 0.0849. The Labute approximate surface area is 176 Å². The molecule has 0 aliphatic heterocycles. The number of benzene rings is 2. The van der Waals surface area contributed by atoms with Crippen LogP contribution in [0.3, 0.4) is 0 Å². The average molecular weight is 449 g/mol. The molecule has 0 unspecified atom stereocenters. The summed E-state index contributed by atoms with van der Waals surface area (Å²) in [6.45, 7) is 0. The fourth-order valence-corrected chi connectivity index (χ4v) is 3.65. The second-order valence-electron chi connectivity index (χ2n) is 6.35. The van der Waals surface area contributed by atoms with Gasteiger partial charge in [-0.15, -0.1) is 0 Å². The van der Waals surface area contributed by atoms with Crippen LogP contribution in [0.15, 0.2) is 68.0 Å². The molecule has 0 radical (unpaired) electrons. The summed E-state index contributed by atoms with van der Waals surface area (Å²) in [4.78, 5) is 30.6. The van der Waals surface area contributed by atoms with E-state index in [4.69, 9.17) is 11.6 Å². The van der Waals surface area contributed by atoms with Gasteiger partial charge in [0.05, 0.1) is 16.3 Å². The van der Waals surface area contributed by atoms with Crippen LogP contribution in [-0.4, -0.2) is 47.7 Å². The summed E-state index contributed by atoms with van der Waals surface area (Å²) in [6, 6.07) is 11.8. The molecule has 30 heavy (non-hydrogen) atoms. The number of nitrogens with zero attached hydrogens (tertiary/aromatic N) is 3. The highest BCUT2D eigenvalue weighted by atomic mass is 35.5. The number of aromatic hydroxyl groups is 1. The molecule has 0 aliphatic carbocycles. The molecular formula is C19H17ClN4O5S. The first-order chi connectivity index (χ1) is 14.1. The number of hydrogen-bond donors (Lipinski definition) is 2. The van der Waals surface area contributed by atoms with E-state index in [0.717, 1.165) is 15.1 Å². The molecule has 0 bridgehead atoms. The number of H-pyrrole nitrogens is 1. The third kappa shape index (κ3) is 4.20. The monoisotopic (exact) mass is 448 g/mol. The number of sulfonamides is 1. The van der Waals surface area contributed by atoms with Crippen molar-refractivity contribution in [2.45, 2.75) is 4.90 Å². The molecule has 1 heterocycles. The van der Waals surface area contributed by atoms with Crippen molar-refractivity contribution in [2.75, 3.05) is 14.1 Å².